The minimum Gasteiger partial charge on any atom is -0.352 e. The molecular weight excluding hydrogens is 358 g/mol. The maximum absolute atomic E-state index is 12.2. The number of rotatable bonds is 8. The molecule has 8 nitrogen and oxygen atoms in total. The molecule has 2 amide bonds. The molecule has 0 saturated heterocycles. The first kappa shape index (κ1) is 19.2. The number of aryl methyl sites for hydroxylation is 2. The van der Waals surface area contributed by atoms with Crippen LogP contribution in [0.15, 0.2) is 53.3 Å². The highest BCUT2D eigenvalue weighted by molar-refractivity contribution is 6.04. The third kappa shape index (κ3) is 5.73. The molecule has 0 bridgehead atoms. The lowest BCUT2D eigenvalue weighted by atomic mass is 10.1. The Morgan fingerprint density at radius 2 is 1.96 bits per heavy atom. The largest absolute Gasteiger partial charge is 0.352 e. The van der Waals surface area contributed by atoms with Crippen molar-refractivity contribution in [3.8, 4) is 0 Å². The highest BCUT2D eigenvalue weighted by Gasteiger charge is 2.08. The molecule has 0 spiro atoms. The van der Waals surface area contributed by atoms with Crippen LogP contribution in [0.25, 0.3) is 0 Å². The lowest BCUT2D eigenvalue weighted by Crippen LogP contribution is -2.22. The van der Waals surface area contributed by atoms with Gasteiger partial charge in [-0.25, -0.2) is 0 Å². The number of carbonyl (C=O) groups excluding carboxylic acids is 2. The molecule has 0 radical (unpaired) electrons. The van der Waals surface area contributed by atoms with Gasteiger partial charge in [0.25, 0.3) is 5.91 Å². The molecule has 0 saturated carbocycles. The zero-order valence-electron chi connectivity index (χ0n) is 15.5. The first-order chi connectivity index (χ1) is 13.6. The summed E-state index contributed by atoms with van der Waals surface area (Å²) in [7, 11) is 0. The Balaban J connectivity index is 1.45. The van der Waals surface area contributed by atoms with E-state index in [1.54, 1.807) is 37.5 Å². The van der Waals surface area contributed by atoms with Crippen molar-refractivity contribution < 1.29 is 14.1 Å². The third-order valence-corrected chi connectivity index (χ3v) is 3.98. The molecule has 0 aliphatic rings. The Morgan fingerprint density at radius 1 is 1.14 bits per heavy atom. The maximum Gasteiger partial charge on any atom is 0.255 e. The van der Waals surface area contributed by atoms with E-state index in [4.69, 9.17) is 4.52 Å². The second kappa shape index (κ2) is 9.40. The van der Waals surface area contributed by atoms with Crippen LogP contribution >= 0.6 is 0 Å². The number of pyridine rings is 1. The average molecular weight is 379 g/mol. The molecule has 0 aliphatic heterocycles. The number of carbonyl (C=O) groups is 2. The number of nitrogens with one attached hydrogen (secondary N) is 2. The van der Waals surface area contributed by atoms with Crippen molar-refractivity contribution in [1.82, 2.24) is 20.4 Å². The molecule has 144 valence electrons. The second-order valence-electron chi connectivity index (χ2n) is 6.26. The van der Waals surface area contributed by atoms with Gasteiger partial charge in [-0.15, -0.1) is 0 Å². The summed E-state index contributed by atoms with van der Waals surface area (Å²) in [6.45, 7) is 2.14. The minimum absolute atomic E-state index is 0.0533. The molecule has 8 heteroatoms. The Bertz CT molecular complexity index is 940. The number of nitrogens with zero attached hydrogens (tertiary/aromatic N) is 3. The van der Waals surface area contributed by atoms with E-state index in [2.05, 4.69) is 25.8 Å². The zero-order valence-corrected chi connectivity index (χ0v) is 15.5. The van der Waals surface area contributed by atoms with Gasteiger partial charge in [0.05, 0.1) is 0 Å². The SMILES string of the molecule is Cc1noc(CCCC(=O)NCc2cccc(NC(=O)c3ccncc3)c2)n1. The standard InChI is InChI=1S/C20H21N5O3/c1-14-23-19(28-25-14)7-3-6-18(26)22-13-15-4-2-5-17(12-15)24-20(27)16-8-10-21-11-9-16/h2,4-5,8-12H,3,6-7,13H2,1H3,(H,22,26)(H,24,27). The fraction of sp³-hybridized carbons (Fsp3) is 0.250. The molecule has 3 rings (SSSR count). The molecule has 1 aromatic carbocycles. The van der Waals surface area contributed by atoms with Crippen LogP contribution in [0.3, 0.4) is 0 Å². The molecular formula is C20H21N5O3. The van der Waals surface area contributed by atoms with Crippen LogP contribution < -0.4 is 10.6 Å². The summed E-state index contributed by atoms with van der Waals surface area (Å²) < 4.78 is 5.02. The molecule has 0 unspecified atom stereocenters. The van der Waals surface area contributed by atoms with Gasteiger partial charge in [-0.3, -0.25) is 14.6 Å². The molecule has 3 aromatic rings. The van der Waals surface area contributed by atoms with Crippen molar-refractivity contribution in [3.63, 3.8) is 0 Å². The van der Waals surface area contributed by atoms with Crippen LogP contribution in [0, 0.1) is 6.92 Å². The summed E-state index contributed by atoms with van der Waals surface area (Å²) in [5.41, 5.74) is 2.10. The van der Waals surface area contributed by atoms with E-state index in [9.17, 15) is 9.59 Å². The predicted molar refractivity (Wildman–Crippen MR) is 102 cm³/mol. The summed E-state index contributed by atoms with van der Waals surface area (Å²) in [5.74, 6) is 0.876. The predicted octanol–water partition coefficient (Wildman–Crippen LogP) is 2.66. The minimum atomic E-state index is -0.208. The summed E-state index contributed by atoms with van der Waals surface area (Å²) in [5, 5.41) is 9.43. The van der Waals surface area contributed by atoms with Crippen molar-refractivity contribution in [2.45, 2.75) is 32.7 Å². The van der Waals surface area contributed by atoms with Crippen LogP contribution in [0.4, 0.5) is 5.69 Å². The van der Waals surface area contributed by atoms with E-state index in [1.165, 1.54) is 0 Å². The quantitative estimate of drug-likeness (QED) is 0.623. The summed E-state index contributed by atoms with van der Waals surface area (Å²) >= 11 is 0. The second-order valence-corrected chi connectivity index (χ2v) is 6.26. The number of benzene rings is 1. The van der Waals surface area contributed by atoms with E-state index >= 15 is 0 Å². The van der Waals surface area contributed by atoms with Crippen molar-refractivity contribution in [3.05, 3.63) is 71.6 Å². The monoisotopic (exact) mass is 379 g/mol. The fourth-order valence-electron chi connectivity index (χ4n) is 2.60. The Labute approximate surface area is 162 Å². The summed E-state index contributed by atoms with van der Waals surface area (Å²) in [4.78, 5) is 32.2. The molecule has 2 aromatic heterocycles. The van der Waals surface area contributed by atoms with E-state index in [1.807, 2.05) is 18.2 Å². The number of hydrogen-bond acceptors (Lipinski definition) is 6. The van der Waals surface area contributed by atoms with Crippen LogP contribution in [-0.2, 0) is 17.8 Å². The highest BCUT2D eigenvalue weighted by Crippen LogP contribution is 2.12. The molecule has 0 aliphatic carbocycles. The van der Waals surface area contributed by atoms with Gasteiger partial charge in [0, 0.05) is 43.0 Å². The Morgan fingerprint density at radius 3 is 2.71 bits per heavy atom. The van der Waals surface area contributed by atoms with Crippen LogP contribution in [0.5, 0.6) is 0 Å². The Hall–Kier alpha value is -3.55. The van der Waals surface area contributed by atoms with Gasteiger partial charge in [-0.2, -0.15) is 4.98 Å². The molecule has 28 heavy (non-hydrogen) atoms. The fourth-order valence-corrected chi connectivity index (χ4v) is 2.60. The first-order valence-electron chi connectivity index (χ1n) is 8.96. The molecule has 2 N–H and O–H groups in total. The number of aromatic nitrogens is 3. The van der Waals surface area contributed by atoms with Gasteiger partial charge in [-0.05, 0) is 43.2 Å². The topological polar surface area (TPSA) is 110 Å². The maximum atomic E-state index is 12.2. The lowest BCUT2D eigenvalue weighted by Gasteiger charge is -2.09. The van der Waals surface area contributed by atoms with E-state index < -0.39 is 0 Å². The number of anilines is 1. The highest BCUT2D eigenvalue weighted by atomic mass is 16.5. The van der Waals surface area contributed by atoms with Crippen molar-refractivity contribution in [2.75, 3.05) is 5.32 Å². The van der Waals surface area contributed by atoms with Gasteiger partial charge in [0.2, 0.25) is 11.8 Å². The van der Waals surface area contributed by atoms with Gasteiger partial charge < -0.3 is 15.2 Å². The summed E-state index contributed by atoms with van der Waals surface area (Å²) in [6.07, 6.45) is 4.72. The van der Waals surface area contributed by atoms with Crippen LogP contribution in [-0.4, -0.2) is 26.9 Å². The van der Waals surface area contributed by atoms with E-state index in [-0.39, 0.29) is 11.8 Å². The van der Waals surface area contributed by atoms with Crippen molar-refractivity contribution in [2.24, 2.45) is 0 Å². The van der Waals surface area contributed by atoms with Crippen LogP contribution in [0.2, 0.25) is 0 Å². The number of hydrogen-bond donors (Lipinski definition) is 2. The van der Waals surface area contributed by atoms with E-state index in [0.717, 1.165) is 5.56 Å². The summed E-state index contributed by atoms with van der Waals surface area (Å²) in [6, 6.07) is 10.7. The number of amides is 2. The average Bonchev–Trinajstić information content (AvgIpc) is 3.12. The normalized spacial score (nSPS) is 10.5. The smallest absolute Gasteiger partial charge is 0.255 e. The van der Waals surface area contributed by atoms with Gasteiger partial charge in [0.15, 0.2) is 5.82 Å². The molecule has 0 fully saturated rings. The molecule has 0 atom stereocenters. The Kier molecular flexibility index (Phi) is 6.46. The van der Waals surface area contributed by atoms with Gasteiger partial charge >= 0.3 is 0 Å². The van der Waals surface area contributed by atoms with E-state index in [0.29, 0.717) is 48.8 Å². The first-order valence-corrected chi connectivity index (χ1v) is 8.96. The van der Waals surface area contributed by atoms with Gasteiger partial charge in [0.1, 0.15) is 0 Å². The zero-order chi connectivity index (χ0) is 19.8. The molecule has 2 heterocycles. The van der Waals surface area contributed by atoms with Crippen LogP contribution in [0.1, 0.15) is 40.5 Å². The van der Waals surface area contributed by atoms with Crippen molar-refractivity contribution in [1.29, 1.82) is 0 Å². The van der Waals surface area contributed by atoms with Gasteiger partial charge in [-0.1, -0.05) is 17.3 Å². The lowest BCUT2D eigenvalue weighted by molar-refractivity contribution is -0.121. The third-order valence-electron chi connectivity index (χ3n) is 3.98. The van der Waals surface area contributed by atoms with Crippen molar-refractivity contribution >= 4 is 17.5 Å².